The molecule has 0 atom stereocenters. The zero-order chi connectivity index (χ0) is 18.2. The van der Waals surface area contributed by atoms with Gasteiger partial charge in [-0.25, -0.2) is 0 Å². The Balaban J connectivity index is 1.65. The van der Waals surface area contributed by atoms with Gasteiger partial charge in [0.25, 0.3) is 0 Å². The van der Waals surface area contributed by atoms with Crippen LogP contribution >= 0.6 is 23.1 Å². The number of fused-ring (bicyclic) bond motifs is 1. The second-order valence-electron chi connectivity index (χ2n) is 5.77. The molecule has 6 heteroatoms. The number of thiazole rings is 1. The molecular formula is C20H22N2O2S2. The minimum atomic E-state index is -0.0589. The molecule has 0 aliphatic heterocycles. The van der Waals surface area contributed by atoms with E-state index in [2.05, 4.69) is 33.8 Å². The van der Waals surface area contributed by atoms with Gasteiger partial charge in [0, 0.05) is 25.0 Å². The van der Waals surface area contributed by atoms with Gasteiger partial charge in [-0.3, -0.25) is 4.79 Å². The number of aromatic nitrogens is 1. The molecule has 26 heavy (non-hydrogen) atoms. The number of rotatable bonds is 8. The first-order valence-corrected chi connectivity index (χ1v) is 10.4. The minimum absolute atomic E-state index is 0.0589. The van der Waals surface area contributed by atoms with Crippen LogP contribution in [0.2, 0.25) is 0 Å². The maximum atomic E-state index is 12.3. The third kappa shape index (κ3) is 5.06. The first kappa shape index (κ1) is 18.9. The molecule has 4 nitrogen and oxygen atoms in total. The molecule has 0 N–H and O–H groups in total. The van der Waals surface area contributed by atoms with Crippen molar-refractivity contribution in [1.29, 1.82) is 0 Å². The van der Waals surface area contributed by atoms with Crippen molar-refractivity contribution in [1.82, 2.24) is 4.57 Å². The maximum Gasteiger partial charge on any atom is 0.248 e. The fraction of sp³-hybridized carbons (Fsp3) is 0.300. The van der Waals surface area contributed by atoms with E-state index in [1.807, 2.05) is 30.3 Å². The molecule has 0 radical (unpaired) electrons. The smallest absolute Gasteiger partial charge is 0.248 e. The summed E-state index contributed by atoms with van der Waals surface area (Å²) in [5, 5.41) is 0. The number of carbonyl (C=O) groups is 1. The molecule has 1 heterocycles. The predicted molar refractivity (Wildman–Crippen MR) is 109 cm³/mol. The Hall–Kier alpha value is -1.89. The largest absolute Gasteiger partial charge is 0.383 e. The average Bonchev–Trinajstić information content (AvgIpc) is 3.01. The second-order valence-corrected chi connectivity index (χ2v) is 7.94. The average molecular weight is 387 g/mol. The Bertz CT molecular complexity index is 916. The van der Waals surface area contributed by atoms with Crippen LogP contribution in [0.25, 0.3) is 10.2 Å². The van der Waals surface area contributed by atoms with Gasteiger partial charge in [0.1, 0.15) is 0 Å². The van der Waals surface area contributed by atoms with Crippen molar-refractivity contribution < 1.29 is 9.53 Å². The summed E-state index contributed by atoms with van der Waals surface area (Å²) < 4.78 is 8.40. The third-order valence-corrected chi connectivity index (χ3v) is 6.03. The summed E-state index contributed by atoms with van der Waals surface area (Å²) in [6.07, 6.45) is 1.29. The summed E-state index contributed by atoms with van der Waals surface area (Å²) in [5.41, 5.74) is 1.10. The van der Waals surface area contributed by atoms with Gasteiger partial charge >= 0.3 is 0 Å². The second kappa shape index (κ2) is 9.71. The van der Waals surface area contributed by atoms with Crippen molar-refractivity contribution in [2.45, 2.75) is 24.3 Å². The molecule has 3 rings (SSSR count). The molecule has 3 aromatic rings. The third-order valence-electron chi connectivity index (χ3n) is 3.87. The summed E-state index contributed by atoms with van der Waals surface area (Å²) in [5.74, 6) is 0.859. The lowest BCUT2D eigenvalue weighted by molar-refractivity contribution is -0.118. The maximum absolute atomic E-state index is 12.3. The summed E-state index contributed by atoms with van der Waals surface area (Å²) in [4.78, 5) is 18.7. The van der Waals surface area contributed by atoms with Crippen molar-refractivity contribution in [3.05, 3.63) is 59.4 Å². The zero-order valence-corrected chi connectivity index (χ0v) is 16.4. The number of ether oxygens (including phenoxy) is 1. The van der Waals surface area contributed by atoms with E-state index in [0.717, 1.165) is 27.2 Å². The molecule has 0 aliphatic rings. The number of hydrogen-bond donors (Lipinski definition) is 0. The van der Waals surface area contributed by atoms with E-state index in [1.165, 1.54) is 4.90 Å². The van der Waals surface area contributed by atoms with Crippen molar-refractivity contribution in [3.63, 3.8) is 0 Å². The van der Waals surface area contributed by atoms with Crippen LogP contribution in [0.15, 0.2) is 64.5 Å². The van der Waals surface area contributed by atoms with Gasteiger partial charge in [-0.05, 0) is 36.4 Å². The van der Waals surface area contributed by atoms with E-state index in [1.54, 1.807) is 30.2 Å². The lowest BCUT2D eigenvalue weighted by atomic mass is 10.3. The topological polar surface area (TPSA) is 43.6 Å². The van der Waals surface area contributed by atoms with Crippen molar-refractivity contribution in [2.24, 2.45) is 4.99 Å². The first-order chi connectivity index (χ1) is 12.8. The molecule has 0 unspecified atom stereocenters. The number of amides is 1. The Morgan fingerprint density at radius 2 is 1.92 bits per heavy atom. The SMILES string of the molecule is COCCn1c(=NC(=O)CCCSc2ccccc2)sc2ccccc21. The fourth-order valence-electron chi connectivity index (χ4n) is 2.60. The van der Waals surface area contributed by atoms with Crippen LogP contribution in [0.5, 0.6) is 0 Å². The number of hydrogen-bond acceptors (Lipinski definition) is 4. The highest BCUT2D eigenvalue weighted by atomic mass is 32.2. The Labute approximate surface area is 161 Å². The molecular weight excluding hydrogens is 364 g/mol. The van der Waals surface area contributed by atoms with Gasteiger partial charge in [0.2, 0.25) is 5.91 Å². The highest BCUT2D eigenvalue weighted by molar-refractivity contribution is 7.99. The van der Waals surface area contributed by atoms with E-state index >= 15 is 0 Å². The molecule has 1 aromatic heterocycles. The minimum Gasteiger partial charge on any atom is -0.383 e. The number of para-hydroxylation sites is 1. The normalized spacial score (nSPS) is 12.0. The van der Waals surface area contributed by atoms with Crippen LogP contribution < -0.4 is 4.80 Å². The summed E-state index contributed by atoms with van der Waals surface area (Å²) in [6.45, 7) is 1.28. The van der Waals surface area contributed by atoms with E-state index in [4.69, 9.17) is 4.74 Å². The molecule has 0 saturated heterocycles. The van der Waals surface area contributed by atoms with Gasteiger partial charge in [-0.2, -0.15) is 4.99 Å². The molecule has 0 fully saturated rings. The van der Waals surface area contributed by atoms with Gasteiger partial charge < -0.3 is 9.30 Å². The van der Waals surface area contributed by atoms with Crippen molar-refractivity contribution >= 4 is 39.2 Å². The summed E-state index contributed by atoms with van der Waals surface area (Å²) in [7, 11) is 1.68. The number of thioether (sulfide) groups is 1. The fourth-order valence-corrected chi connectivity index (χ4v) is 4.54. The molecule has 0 saturated carbocycles. The highest BCUT2D eigenvalue weighted by Crippen LogP contribution is 2.19. The van der Waals surface area contributed by atoms with Crippen LogP contribution in [-0.2, 0) is 16.1 Å². The Morgan fingerprint density at radius 1 is 1.15 bits per heavy atom. The summed E-state index contributed by atoms with van der Waals surface area (Å²) in [6, 6.07) is 18.4. The highest BCUT2D eigenvalue weighted by Gasteiger charge is 2.07. The van der Waals surface area contributed by atoms with Crippen LogP contribution in [0, 0.1) is 0 Å². The van der Waals surface area contributed by atoms with Crippen LogP contribution in [0.3, 0.4) is 0 Å². The van der Waals surface area contributed by atoms with Crippen LogP contribution in [-0.4, -0.2) is 29.9 Å². The first-order valence-electron chi connectivity index (χ1n) is 8.60. The van der Waals surface area contributed by atoms with E-state index in [9.17, 15) is 4.79 Å². The number of benzene rings is 2. The molecule has 0 aliphatic carbocycles. The Kier molecular flexibility index (Phi) is 7.05. The van der Waals surface area contributed by atoms with Crippen molar-refractivity contribution in [2.75, 3.05) is 19.5 Å². The van der Waals surface area contributed by atoms with Gasteiger partial charge in [-0.1, -0.05) is 41.7 Å². The molecule has 0 bridgehead atoms. The van der Waals surface area contributed by atoms with Crippen LogP contribution in [0.1, 0.15) is 12.8 Å². The quantitative estimate of drug-likeness (QED) is 0.427. The lowest BCUT2D eigenvalue weighted by Gasteiger charge is -2.04. The molecule has 2 aromatic carbocycles. The zero-order valence-electron chi connectivity index (χ0n) is 14.8. The van der Waals surface area contributed by atoms with E-state index in [-0.39, 0.29) is 5.91 Å². The molecule has 0 spiro atoms. The van der Waals surface area contributed by atoms with E-state index < -0.39 is 0 Å². The number of nitrogens with zero attached hydrogens (tertiary/aromatic N) is 2. The van der Waals surface area contributed by atoms with Gasteiger partial charge in [0.05, 0.1) is 16.8 Å². The predicted octanol–water partition coefficient (Wildman–Crippen LogP) is 4.35. The molecule has 1 amide bonds. The molecule has 136 valence electrons. The number of methoxy groups -OCH3 is 1. The number of carbonyl (C=O) groups excluding carboxylic acids is 1. The van der Waals surface area contributed by atoms with Crippen LogP contribution in [0.4, 0.5) is 0 Å². The van der Waals surface area contributed by atoms with Gasteiger partial charge in [-0.15, -0.1) is 11.8 Å². The Morgan fingerprint density at radius 3 is 2.73 bits per heavy atom. The van der Waals surface area contributed by atoms with Gasteiger partial charge in [0.15, 0.2) is 4.80 Å². The standard InChI is InChI=1S/C20H22N2O2S2/c1-24-14-13-22-17-10-5-6-11-18(17)26-20(22)21-19(23)12-7-15-25-16-8-3-2-4-9-16/h2-6,8-11H,7,12-15H2,1H3. The monoisotopic (exact) mass is 386 g/mol. The summed E-state index contributed by atoms with van der Waals surface area (Å²) >= 11 is 3.33. The lowest BCUT2D eigenvalue weighted by Crippen LogP contribution is -2.19. The van der Waals surface area contributed by atoms with E-state index in [0.29, 0.717) is 19.6 Å². The van der Waals surface area contributed by atoms with Crippen molar-refractivity contribution in [3.8, 4) is 0 Å².